The second kappa shape index (κ2) is 1.72. The molecular formula is C6H7F3O2. The van der Waals surface area contributed by atoms with E-state index in [1.165, 1.54) is 0 Å². The van der Waals surface area contributed by atoms with E-state index in [1.807, 2.05) is 0 Å². The first kappa shape index (κ1) is 7.36. The third kappa shape index (κ3) is 0.945. The summed E-state index contributed by atoms with van der Waals surface area (Å²) in [5.74, 6) is 0. The van der Waals surface area contributed by atoms with Crippen LogP contribution in [0.5, 0.6) is 0 Å². The average Bonchev–Trinajstić information content (AvgIpc) is 2.32. The largest absolute Gasteiger partial charge is 0.417 e. The Morgan fingerprint density at radius 1 is 1.45 bits per heavy atom. The van der Waals surface area contributed by atoms with Crippen molar-refractivity contribution in [2.75, 3.05) is 6.61 Å². The summed E-state index contributed by atoms with van der Waals surface area (Å²) in [4.78, 5) is 0. The Balaban J connectivity index is 2.10. The molecule has 0 amide bonds. The zero-order valence-electron chi connectivity index (χ0n) is 5.81. The van der Waals surface area contributed by atoms with Gasteiger partial charge in [-0.2, -0.15) is 13.2 Å². The van der Waals surface area contributed by atoms with Crippen LogP contribution in [-0.2, 0) is 9.47 Å². The van der Waals surface area contributed by atoms with Crippen molar-refractivity contribution >= 4 is 0 Å². The number of rotatable bonds is 0. The van der Waals surface area contributed by atoms with Crippen molar-refractivity contribution in [3.8, 4) is 0 Å². The summed E-state index contributed by atoms with van der Waals surface area (Å²) in [6.07, 6.45) is -6.74. The van der Waals surface area contributed by atoms with Crippen LogP contribution in [0, 0.1) is 0 Å². The Hall–Kier alpha value is -0.290. The predicted molar refractivity (Wildman–Crippen MR) is 29.1 cm³/mol. The van der Waals surface area contributed by atoms with Crippen LogP contribution in [0.3, 0.4) is 0 Å². The molecule has 0 N–H and O–H groups in total. The van der Waals surface area contributed by atoms with Gasteiger partial charge in [0, 0.05) is 0 Å². The van der Waals surface area contributed by atoms with Crippen molar-refractivity contribution in [1.29, 1.82) is 0 Å². The lowest BCUT2D eigenvalue weighted by Gasteiger charge is -2.14. The van der Waals surface area contributed by atoms with Gasteiger partial charge in [0.2, 0.25) is 0 Å². The minimum Gasteiger partial charge on any atom is -0.363 e. The number of alkyl halides is 3. The molecule has 0 spiro atoms. The fourth-order valence-electron chi connectivity index (χ4n) is 1.36. The molecule has 2 aliphatic heterocycles. The summed E-state index contributed by atoms with van der Waals surface area (Å²) in [6, 6.07) is 0. The Bertz CT molecular complexity index is 191. The van der Waals surface area contributed by atoms with Crippen LogP contribution in [0.25, 0.3) is 0 Å². The fourth-order valence-corrected chi connectivity index (χ4v) is 1.36. The summed E-state index contributed by atoms with van der Waals surface area (Å²) >= 11 is 0. The van der Waals surface area contributed by atoms with E-state index in [1.54, 1.807) is 6.92 Å². The van der Waals surface area contributed by atoms with Gasteiger partial charge >= 0.3 is 6.18 Å². The number of halogens is 3. The van der Waals surface area contributed by atoms with E-state index in [-0.39, 0.29) is 6.61 Å². The first-order chi connectivity index (χ1) is 4.93. The lowest BCUT2D eigenvalue weighted by molar-refractivity contribution is -0.222. The van der Waals surface area contributed by atoms with Crippen LogP contribution in [0.1, 0.15) is 6.92 Å². The van der Waals surface area contributed by atoms with Gasteiger partial charge in [-0.1, -0.05) is 0 Å². The van der Waals surface area contributed by atoms with Crippen LogP contribution < -0.4 is 0 Å². The Labute approximate surface area is 61.3 Å². The SMILES string of the molecule is C[C@]12CO[C@@H](C(F)(F)F)[C@H]1O2. The summed E-state index contributed by atoms with van der Waals surface area (Å²) < 4.78 is 45.4. The highest BCUT2D eigenvalue weighted by Crippen LogP contribution is 2.49. The van der Waals surface area contributed by atoms with Gasteiger partial charge in [-0.25, -0.2) is 0 Å². The predicted octanol–water partition coefficient (Wildman–Crippen LogP) is 1.10. The Morgan fingerprint density at radius 3 is 2.27 bits per heavy atom. The standard InChI is InChI=1S/C6H7F3O2/c1-5-2-10-4(3(5)11-5)6(7,8)9/h3-4H,2H2,1H3/t3-,4-,5+/m1/s1. The molecule has 2 saturated heterocycles. The number of fused-ring (bicyclic) bond motifs is 1. The summed E-state index contributed by atoms with van der Waals surface area (Å²) in [7, 11) is 0. The van der Waals surface area contributed by atoms with Crippen LogP contribution >= 0.6 is 0 Å². The highest BCUT2D eigenvalue weighted by Gasteiger charge is 2.69. The average molecular weight is 168 g/mol. The van der Waals surface area contributed by atoms with Gasteiger partial charge in [0.1, 0.15) is 11.7 Å². The molecule has 2 fully saturated rings. The molecule has 11 heavy (non-hydrogen) atoms. The Kier molecular flexibility index (Phi) is 1.15. The summed E-state index contributed by atoms with van der Waals surface area (Å²) in [5.41, 5.74) is -0.653. The van der Waals surface area contributed by atoms with Gasteiger partial charge in [-0.3, -0.25) is 0 Å². The smallest absolute Gasteiger partial charge is 0.363 e. The maximum atomic E-state index is 12.0. The van der Waals surface area contributed by atoms with Gasteiger partial charge in [0.05, 0.1) is 6.61 Å². The molecule has 5 heteroatoms. The molecule has 2 heterocycles. The van der Waals surface area contributed by atoms with Crippen LogP contribution in [-0.4, -0.2) is 30.6 Å². The van der Waals surface area contributed by atoms with Gasteiger partial charge < -0.3 is 9.47 Å². The lowest BCUT2D eigenvalue weighted by Crippen LogP contribution is -2.33. The lowest BCUT2D eigenvalue weighted by atomic mass is 10.1. The van der Waals surface area contributed by atoms with Crippen molar-refractivity contribution in [3.63, 3.8) is 0 Å². The number of hydrogen-bond acceptors (Lipinski definition) is 2. The third-order valence-corrected chi connectivity index (χ3v) is 2.09. The minimum absolute atomic E-state index is 0.0574. The van der Waals surface area contributed by atoms with E-state index in [9.17, 15) is 13.2 Å². The van der Waals surface area contributed by atoms with E-state index in [0.29, 0.717) is 0 Å². The number of epoxide rings is 1. The van der Waals surface area contributed by atoms with E-state index >= 15 is 0 Å². The number of hydrogen-bond donors (Lipinski definition) is 0. The molecule has 0 aromatic carbocycles. The Morgan fingerprint density at radius 2 is 2.09 bits per heavy atom. The molecule has 2 rings (SSSR count). The van der Waals surface area contributed by atoms with E-state index in [0.717, 1.165) is 0 Å². The number of ether oxygens (including phenoxy) is 2. The fraction of sp³-hybridized carbons (Fsp3) is 1.00. The molecule has 0 aromatic heterocycles. The van der Waals surface area contributed by atoms with Crippen LogP contribution in [0.4, 0.5) is 13.2 Å². The first-order valence-corrected chi connectivity index (χ1v) is 3.30. The zero-order valence-corrected chi connectivity index (χ0v) is 5.81. The van der Waals surface area contributed by atoms with Crippen molar-refractivity contribution < 1.29 is 22.6 Å². The van der Waals surface area contributed by atoms with Gasteiger partial charge in [0.15, 0.2) is 6.10 Å². The first-order valence-electron chi connectivity index (χ1n) is 3.30. The topological polar surface area (TPSA) is 21.8 Å². The minimum atomic E-state index is -4.28. The second-order valence-corrected chi connectivity index (χ2v) is 3.12. The summed E-state index contributed by atoms with van der Waals surface area (Å²) in [6.45, 7) is 1.69. The van der Waals surface area contributed by atoms with Crippen LogP contribution in [0.15, 0.2) is 0 Å². The second-order valence-electron chi connectivity index (χ2n) is 3.12. The van der Waals surface area contributed by atoms with Crippen molar-refractivity contribution in [3.05, 3.63) is 0 Å². The maximum absolute atomic E-state index is 12.0. The molecular weight excluding hydrogens is 161 g/mol. The van der Waals surface area contributed by atoms with Crippen molar-refractivity contribution in [1.82, 2.24) is 0 Å². The normalized spacial score (nSPS) is 49.1. The molecule has 0 unspecified atom stereocenters. The van der Waals surface area contributed by atoms with E-state index in [2.05, 4.69) is 4.74 Å². The molecule has 0 aliphatic carbocycles. The zero-order chi connectivity index (χ0) is 8.28. The third-order valence-electron chi connectivity index (χ3n) is 2.09. The highest BCUT2D eigenvalue weighted by atomic mass is 19.4. The van der Waals surface area contributed by atoms with Crippen LogP contribution in [0.2, 0.25) is 0 Å². The molecule has 0 saturated carbocycles. The molecule has 3 atom stereocenters. The molecule has 0 bridgehead atoms. The van der Waals surface area contributed by atoms with Gasteiger partial charge in [-0.05, 0) is 6.92 Å². The van der Waals surface area contributed by atoms with E-state index in [4.69, 9.17) is 4.74 Å². The molecule has 2 nitrogen and oxygen atoms in total. The molecule has 64 valence electrons. The van der Waals surface area contributed by atoms with Crippen molar-refractivity contribution in [2.45, 2.75) is 30.9 Å². The van der Waals surface area contributed by atoms with Gasteiger partial charge in [-0.15, -0.1) is 0 Å². The van der Waals surface area contributed by atoms with Gasteiger partial charge in [0.25, 0.3) is 0 Å². The monoisotopic (exact) mass is 168 g/mol. The van der Waals surface area contributed by atoms with E-state index < -0.39 is 24.0 Å². The maximum Gasteiger partial charge on any atom is 0.417 e. The molecule has 0 aromatic rings. The molecule has 2 aliphatic rings. The molecule has 0 radical (unpaired) electrons. The highest BCUT2D eigenvalue weighted by molar-refractivity contribution is 5.10. The van der Waals surface area contributed by atoms with Crippen molar-refractivity contribution in [2.24, 2.45) is 0 Å². The quantitative estimate of drug-likeness (QED) is 0.505. The summed E-state index contributed by atoms with van der Waals surface area (Å²) in [5, 5.41) is 0.